The molecule has 1 fully saturated rings. The molecule has 4 rings (SSSR count). The van der Waals surface area contributed by atoms with Gasteiger partial charge in [-0.3, -0.25) is 10.1 Å². The summed E-state index contributed by atoms with van der Waals surface area (Å²) in [5.41, 5.74) is 3.54. The van der Waals surface area contributed by atoms with E-state index in [1.165, 1.54) is 7.11 Å². The van der Waals surface area contributed by atoms with Crippen molar-refractivity contribution in [3.8, 4) is 11.8 Å². The monoisotopic (exact) mass is 458 g/mol. The van der Waals surface area contributed by atoms with Crippen LogP contribution in [-0.2, 0) is 19.7 Å². The van der Waals surface area contributed by atoms with Gasteiger partial charge in [0.15, 0.2) is 0 Å². The lowest BCUT2D eigenvalue weighted by Crippen LogP contribution is -2.16. The number of aryl methyl sites for hydroxylation is 1. The molecule has 1 N–H and O–H groups in total. The summed E-state index contributed by atoms with van der Waals surface area (Å²) >= 11 is 0. The number of hydrogen-bond acceptors (Lipinski definition) is 6. The summed E-state index contributed by atoms with van der Waals surface area (Å²) in [5.74, 6) is 6.02. The van der Waals surface area contributed by atoms with Crippen molar-refractivity contribution in [2.75, 3.05) is 12.4 Å². The highest BCUT2D eigenvalue weighted by molar-refractivity contribution is 5.87. The van der Waals surface area contributed by atoms with Crippen molar-refractivity contribution in [3.63, 3.8) is 0 Å². The highest BCUT2D eigenvalue weighted by Crippen LogP contribution is 2.51. The first kappa shape index (κ1) is 23.1. The van der Waals surface area contributed by atoms with E-state index in [1.807, 2.05) is 54.6 Å². The minimum absolute atomic E-state index is 0.116. The van der Waals surface area contributed by atoms with Gasteiger partial charge < -0.3 is 14.0 Å². The average molecular weight is 459 g/mol. The van der Waals surface area contributed by atoms with Crippen LogP contribution in [0.3, 0.4) is 0 Å². The largest absolute Gasteiger partial charge is 0.469 e. The van der Waals surface area contributed by atoms with E-state index in [2.05, 4.69) is 22.3 Å². The Kier molecular flexibility index (Phi) is 6.69. The number of aromatic nitrogens is 1. The predicted octanol–water partition coefficient (Wildman–Crippen LogP) is 5.29. The van der Waals surface area contributed by atoms with Gasteiger partial charge in [-0.25, -0.2) is 4.79 Å². The molecule has 0 spiro atoms. The second kappa shape index (κ2) is 9.84. The average Bonchev–Trinajstić information content (AvgIpc) is 3.55. The van der Waals surface area contributed by atoms with Gasteiger partial charge in [-0.1, -0.05) is 53.5 Å². The number of ether oxygens (including phenoxy) is 2. The minimum Gasteiger partial charge on any atom is -0.469 e. The number of anilines is 1. The topological polar surface area (TPSA) is 90.7 Å². The molecule has 7 heteroatoms. The Hall–Kier alpha value is -4.05. The summed E-state index contributed by atoms with van der Waals surface area (Å²) in [6, 6.07) is 17.3. The third-order valence-electron chi connectivity index (χ3n) is 6.02. The fourth-order valence-corrected chi connectivity index (χ4v) is 3.79. The highest BCUT2D eigenvalue weighted by Gasteiger charge is 2.46. The Bertz CT molecular complexity index is 1230. The quantitative estimate of drug-likeness (QED) is 0.399. The number of methoxy groups -OCH3 is 1. The van der Waals surface area contributed by atoms with E-state index < -0.39 is 12.2 Å². The summed E-state index contributed by atoms with van der Waals surface area (Å²) in [6.45, 7) is 3.52. The van der Waals surface area contributed by atoms with E-state index in [0.717, 1.165) is 29.5 Å². The maximum atomic E-state index is 12.4. The Morgan fingerprint density at radius 1 is 1.12 bits per heavy atom. The summed E-state index contributed by atoms with van der Waals surface area (Å²) in [4.78, 5) is 24.1. The number of benzene rings is 2. The van der Waals surface area contributed by atoms with Crippen LogP contribution in [-0.4, -0.2) is 24.3 Å². The summed E-state index contributed by atoms with van der Waals surface area (Å²) < 4.78 is 15.6. The molecule has 3 aromatic rings. The molecule has 1 heterocycles. The molecule has 1 aliphatic rings. The predicted molar refractivity (Wildman–Crippen MR) is 126 cm³/mol. The second-order valence-electron chi connectivity index (χ2n) is 8.42. The normalized spacial score (nSPS) is 14.3. The Balaban J connectivity index is 1.43. The Morgan fingerprint density at radius 2 is 1.82 bits per heavy atom. The van der Waals surface area contributed by atoms with Gasteiger partial charge >= 0.3 is 12.1 Å². The molecule has 1 amide bonds. The molecule has 34 heavy (non-hydrogen) atoms. The van der Waals surface area contributed by atoms with Gasteiger partial charge in [-0.2, -0.15) is 0 Å². The Labute approximate surface area is 198 Å². The maximum absolute atomic E-state index is 12.4. The van der Waals surface area contributed by atoms with Gasteiger partial charge in [-0.05, 0) is 55.9 Å². The van der Waals surface area contributed by atoms with Gasteiger partial charge in [0, 0.05) is 11.0 Å². The lowest BCUT2D eigenvalue weighted by Gasteiger charge is -2.14. The summed E-state index contributed by atoms with van der Waals surface area (Å²) in [6.07, 6.45) is 1.30. The van der Waals surface area contributed by atoms with Crippen LogP contribution in [0.1, 0.15) is 60.4 Å². The summed E-state index contributed by atoms with van der Waals surface area (Å²) in [5, 5.41) is 6.61. The van der Waals surface area contributed by atoms with Crippen molar-refractivity contribution in [2.24, 2.45) is 0 Å². The third-order valence-corrected chi connectivity index (χ3v) is 6.02. The van der Waals surface area contributed by atoms with E-state index in [0.29, 0.717) is 17.8 Å². The van der Waals surface area contributed by atoms with Crippen molar-refractivity contribution in [2.45, 2.75) is 44.6 Å². The van der Waals surface area contributed by atoms with Crippen LogP contribution in [0, 0.1) is 18.8 Å². The lowest BCUT2D eigenvalue weighted by molar-refractivity contribution is -0.141. The van der Waals surface area contributed by atoms with Crippen LogP contribution in [0.2, 0.25) is 0 Å². The van der Waals surface area contributed by atoms with Crippen LogP contribution in [0.15, 0.2) is 59.1 Å². The number of rotatable bonds is 6. The third kappa shape index (κ3) is 5.29. The zero-order valence-electron chi connectivity index (χ0n) is 19.4. The molecule has 0 bridgehead atoms. The molecule has 1 unspecified atom stereocenters. The van der Waals surface area contributed by atoms with E-state index in [4.69, 9.17) is 14.0 Å². The molecular formula is C27H26N2O5. The molecule has 7 nitrogen and oxygen atoms in total. The van der Waals surface area contributed by atoms with Gasteiger partial charge in [0.05, 0.1) is 13.5 Å². The fourth-order valence-electron chi connectivity index (χ4n) is 3.79. The number of esters is 1. The molecule has 0 aliphatic heterocycles. The maximum Gasteiger partial charge on any atom is 0.412 e. The number of nitrogens with one attached hydrogen (secondary N) is 1. The van der Waals surface area contributed by atoms with Crippen LogP contribution in [0.4, 0.5) is 10.5 Å². The van der Waals surface area contributed by atoms with E-state index in [9.17, 15) is 9.59 Å². The van der Waals surface area contributed by atoms with E-state index in [1.54, 1.807) is 13.8 Å². The summed E-state index contributed by atoms with van der Waals surface area (Å²) in [7, 11) is 1.41. The van der Waals surface area contributed by atoms with Gasteiger partial charge in [0.2, 0.25) is 5.76 Å². The van der Waals surface area contributed by atoms with Crippen molar-refractivity contribution in [1.29, 1.82) is 0 Å². The zero-order chi connectivity index (χ0) is 24.1. The number of hydrogen-bond donors (Lipinski definition) is 1. The fraction of sp³-hybridized carbons (Fsp3) is 0.296. The van der Waals surface area contributed by atoms with E-state index in [-0.39, 0.29) is 17.1 Å². The van der Waals surface area contributed by atoms with Gasteiger partial charge in [0.25, 0.3) is 0 Å². The van der Waals surface area contributed by atoms with Crippen LogP contribution in [0.5, 0.6) is 0 Å². The first-order valence-corrected chi connectivity index (χ1v) is 11.1. The first-order valence-electron chi connectivity index (χ1n) is 11.1. The minimum atomic E-state index is -0.615. The van der Waals surface area contributed by atoms with E-state index >= 15 is 0 Å². The zero-order valence-corrected chi connectivity index (χ0v) is 19.4. The smallest absolute Gasteiger partial charge is 0.412 e. The number of carbonyl (C=O) groups excluding carboxylic acids is 2. The first-order chi connectivity index (χ1) is 16.4. The molecule has 1 atom stereocenters. The number of nitrogens with zero attached hydrogens (tertiary/aromatic N) is 1. The standard InChI is InChI=1S/C27H26N2O5/c1-18-25(28-26(31)33-19(2)21-7-5-4-6-8-21)23(34-29-18)14-11-20-9-12-22(13-10-20)27(15-16-27)17-24(30)32-3/h4-10,12-13,19H,15-17H2,1-3H3,(H,28,31). The van der Waals surface area contributed by atoms with Crippen molar-refractivity contribution >= 4 is 17.7 Å². The molecular weight excluding hydrogens is 432 g/mol. The second-order valence-corrected chi connectivity index (χ2v) is 8.42. The molecule has 0 saturated heterocycles. The van der Waals surface area contributed by atoms with Gasteiger partial charge in [0.1, 0.15) is 17.5 Å². The molecule has 1 saturated carbocycles. The van der Waals surface area contributed by atoms with Gasteiger partial charge in [-0.15, -0.1) is 0 Å². The van der Waals surface area contributed by atoms with Crippen molar-refractivity contribution < 1.29 is 23.6 Å². The molecule has 2 aromatic carbocycles. The van der Waals surface area contributed by atoms with Crippen molar-refractivity contribution in [1.82, 2.24) is 5.16 Å². The SMILES string of the molecule is COC(=O)CC1(c2ccc(C#Cc3onc(C)c3NC(=O)OC(C)c3ccccc3)cc2)CC1. The number of amides is 1. The molecule has 0 radical (unpaired) electrons. The lowest BCUT2D eigenvalue weighted by atomic mass is 9.92. The van der Waals surface area contributed by atoms with Crippen LogP contribution in [0.25, 0.3) is 0 Å². The molecule has 174 valence electrons. The molecule has 1 aromatic heterocycles. The Morgan fingerprint density at radius 3 is 2.47 bits per heavy atom. The van der Waals surface area contributed by atoms with Crippen molar-refractivity contribution in [3.05, 3.63) is 82.7 Å². The van der Waals surface area contributed by atoms with Crippen LogP contribution >= 0.6 is 0 Å². The molecule has 1 aliphatic carbocycles. The number of carbonyl (C=O) groups is 2. The highest BCUT2D eigenvalue weighted by atomic mass is 16.6. The van der Waals surface area contributed by atoms with Crippen LogP contribution < -0.4 is 5.32 Å².